The second-order valence-corrected chi connectivity index (χ2v) is 3.48. The predicted octanol–water partition coefficient (Wildman–Crippen LogP) is 0.00110. The molecular weight excluding hydrogens is 288 g/mol. The maximum atomic E-state index is 11.0. The highest BCUT2D eigenvalue weighted by atomic mass is 35.5. The third-order valence-corrected chi connectivity index (χ3v) is 2.49. The van der Waals surface area contributed by atoms with E-state index in [2.05, 4.69) is 14.5 Å². The SMILES string of the molecule is COC(=O)CN1CCN(CCN)CC1.Cl.Cl.Cl. The van der Waals surface area contributed by atoms with Crippen LogP contribution in [-0.4, -0.2) is 68.7 Å². The molecule has 0 amide bonds. The number of hydrogen-bond acceptors (Lipinski definition) is 5. The van der Waals surface area contributed by atoms with Gasteiger partial charge in [-0.05, 0) is 0 Å². The molecule has 0 unspecified atom stereocenters. The van der Waals surface area contributed by atoms with Crippen LogP contribution in [0.5, 0.6) is 0 Å². The van der Waals surface area contributed by atoms with Gasteiger partial charge in [0.2, 0.25) is 0 Å². The summed E-state index contributed by atoms with van der Waals surface area (Å²) in [6.45, 7) is 5.91. The second kappa shape index (κ2) is 12.7. The van der Waals surface area contributed by atoms with Crippen LogP contribution in [0.1, 0.15) is 0 Å². The number of ether oxygens (including phenoxy) is 1. The zero-order valence-corrected chi connectivity index (χ0v) is 12.4. The fraction of sp³-hybridized carbons (Fsp3) is 0.889. The average Bonchev–Trinajstić information content (AvgIpc) is 2.21. The van der Waals surface area contributed by atoms with Crippen molar-refractivity contribution in [3.8, 4) is 0 Å². The van der Waals surface area contributed by atoms with Gasteiger partial charge < -0.3 is 10.5 Å². The monoisotopic (exact) mass is 309 g/mol. The van der Waals surface area contributed by atoms with E-state index in [0.717, 1.165) is 32.7 Å². The van der Waals surface area contributed by atoms with Crippen LogP contribution in [0.15, 0.2) is 0 Å². The summed E-state index contributed by atoms with van der Waals surface area (Å²) in [6, 6.07) is 0. The van der Waals surface area contributed by atoms with Crippen molar-refractivity contribution in [2.45, 2.75) is 0 Å². The van der Waals surface area contributed by atoms with Gasteiger partial charge in [0, 0.05) is 39.3 Å². The molecule has 0 saturated carbocycles. The summed E-state index contributed by atoms with van der Waals surface area (Å²) in [6.07, 6.45) is 0. The second-order valence-electron chi connectivity index (χ2n) is 3.48. The first-order valence-corrected chi connectivity index (χ1v) is 4.98. The molecule has 0 aromatic carbocycles. The zero-order chi connectivity index (χ0) is 10.4. The lowest BCUT2D eigenvalue weighted by Gasteiger charge is -2.33. The molecule has 1 fully saturated rings. The number of rotatable bonds is 4. The van der Waals surface area contributed by atoms with E-state index in [-0.39, 0.29) is 43.2 Å². The Bertz CT molecular complexity index is 190. The number of nitrogens with two attached hydrogens (primary N) is 1. The number of halogens is 3. The third-order valence-electron chi connectivity index (χ3n) is 2.49. The van der Waals surface area contributed by atoms with Crippen LogP contribution in [0.2, 0.25) is 0 Å². The molecule has 0 atom stereocenters. The van der Waals surface area contributed by atoms with Crippen molar-refractivity contribution in [3.63, 3.8) is 0 Å². The van der Waals surface area contributed by atoms with Gasteiger partial charge in [-0.15, -0.1) is 37.2 Å². The summed E-state index contributed by atoms with van der Waals surface area (Å²) in [7, 11) is 1.42. The van der Waals surface area contributed by atoms with Gasteiger partial charge in [-0.2, -0.15) is 0 Å². The minimum absolute atomic E-state index is 0. The summed E-state index contributed by atoms with van der Waals surface area (Å²) in [4.78, 5) is 15.4. The van der Waals surface area contributed by atoms with Crippen LogP contribution >= 0.6 is 37.2 Å². The first-order chi connectivity index (χ1) is 6.76. The van der Waals surface area contributed by atoms with Gasteiger partial charge in [-0.3, -0.25) is 14.6 Å². The lowest BCUT2D eigenvalue weighted by molar-refractivity contribution is -0.142. The van der Waals surface area contributed by atoms with Gasteiger partial charge in [0.25, 0.3) is 0 Å². The van der Waals surface area contributed by atoms with E-state index in [1.165, 1.54) is 7.11 Å². The lowest BCUT2D eigenvalue weighted by Crippen LogP contribution is -2.49. The molecule has 5 nitrogen and oxygen atoms in total. The van der Waals surface area contributed by atoms with Crippen molar-refractivity contribution in [2.24, 2.45) is 5.73 Å². The van der Waals surface area contributed by atoms with E-state index < -0.39 is 0 Å². The number of hydrogen-bond donors (Lipinski definition) is 1. The van der Waals surface area contributed by atoms with Crippen LogP contribution in [0.3, 0.4) is 0 Å². The Balaban J connectivity index is -0.000000653. The Labute approximate surface area is 121 Å². The van der Waals surface area contributed by atoms with Gasteiger partial charge in [0.1, 0.15) is 0 Å². The Kier molecular flexibility index (Phi) is 16.7. The highest BCUT2D eigenvalue weighted by molar-refractivity contribution is 5.86. The molecule has 2 N–H and O–H groups in total. The molecule has 0 aromatic heterocycles. The van der Waals surface area contributed by atoms with Crippen LogP contribution < -0.4 is 5.73 Å². The standard InChI is InChI=1S/C9H19N3O2.3ClH/c1-14-9(13)8-12-6-4-11(3-2-10)5-7-12;;;/h2-8,10H2,1H3;3*1H. The molecule has 0 radical (unpaired) electrons. The van der Waals surface area contributed by atoms with E-state index in [4.69, 9.17) is 5.73 Å². The van der Waals surface area contributed by atoms with Crippen molar-refractivity contribution < 1.29 is 9.53 Å². The summed E-state index contributed by atoms with van der Waals surface area (Å²) >= 11 is 0. The molecule has 1 aliphatic heterocycles. The zero-order valence-electron chi connectivity index (χ0n) is 9.96. The number of nitrogens with zero attached hydrogens (tertiary/aromatic N) is 2. The summed E-state index contributed by atoms with van der Waals surface area (Å²) in [5.74, 6) is -0.155. The summed E-state index contributed by atoms with van der Waals surface area (Å²) in [5.41, 5.74) is 5.47. The van der Waals surface area contributed by atoms with Gasteiger partial charge in [-0.1, -0.05) is 0 Å². The lowest BCUT2D eigenvalue weighted by atomic mass is 10.3. The number of methoxy groups -OCH3 is 1. The van der Waals surface area contributed by atoms with E-state index in [0.29, 0.717) is 13.1 Å². The maximum absolute atomic E-state index is 11.0. The first-order valence-electron chi connectivity index (χ1n) is 4.98. The highest BCUT2D eigenvalue weighted by Gasteiger charge is 2.18. The molecule has 0 aliphatic carbocycles. The van der Waals surface area contributed by atoms with Crippen LogP contribution in [0.25, 0.3) is 0 Å². The minimum Gasteiger partial charge on any atom is -0.468 e. The Morgan fingerprint density at radius 3 is 2.00 bits per heavy atom. The Morgan fingerprint density at radius 2 is 1.59 bits per heavy atom. The fourth-order valence-electron chi connectivity index (χ4n) is 1.60. The van der Waals surface area contributed by atoms with E-state index in [1.54, 1.807) is 0 Å². The van der Waals surface area contributed by atoms with E-state index in [9.17, 15) is 4.79 Å². The molecule has 1 saturated heterocycles. The largest absolute Gasteiger partial charge is 0.468 e. The van der Waals surface area contributed by atoms with Crippen molar-refractivity contribution in [2.75, 3.05) is 52.9 Å². The third kappa shape index (κ3) is 8.88. The Hall–Kier alpha value is 0.220. The van der Waals surface area contributed by atoms with E-state index >= 15 is 0 Å². The molecule has 1 rings (SSSR count). The first kappa shape index (κ1) is 22.4. The number of carbonyl (C=O) groups excluding carboxylic acids is 1. The normalized spacial score (nSPS) is 16.1. The fourth-order valence-corrected chi connectivity index (χ4v) is 1.60. The molecule has 0 aromatic rings. The quantitative estimate of drug-likeness (QED) is 0.741. The van der Waals surface area contributed by atoms with Crippen molar-refractivity contribution >= 4 is 43.2 Å². The van der Waals surface area contributed by atoms with Crippen molar-refractivity contribution in [1.29, 1.82) is 0 Å². The maximum Gasteiger partial charge on any atom is 0.319 e. The van der Waals surface area contributed by atoms with E-state index in [1.807, 2.05) is 0 Å². The molecule has 8 heteroatoms. The van der Waals surface area contributed by atoms with Gasteiger partial charge in [-0.25, -0.2) is 0 Å². The predicted molar refractivity (Wildman–Crippen MR) is 75.7 cm³/mol. The summed E-state index contributed by atoms with van der Waals surface area (Å²) < 4.78 is 4.61. The number of piperazine rings is 1. The molecule has 1 aliphatic rings. The minimum atomic E-state index is -0.155. The molecular formula is C9H22Cl3N3O2. The Morgan fingerprint density at radius 1 is 1.12 bits per heavy atom. The molecule has 17 heavy (non-hydrogen) atoms. The van der Waals surface area contributed by atoms with Crippen molar-refractivity contribution in [1.82, 2.24) is 9.80 Å². The van der Waals surface area contributed by atoms with Gasteiger partial charge in [0.15, 0.2) is 0 Å². The average molecular weight is 311 g/mol. The smallest absolute Gasteiger partial charge is 0.319 e. The molecule has 0 bridgehead atoms. The van der Waals surface area contributed by atoms with Crippen LogP contribution in [0, 0.1) is 0 Å². The van der Waals surface area contributed by atoms with Gasteiger partial charge >= 0.3 is 5.97 Å². The number of carbonyl (C=O) groups is 1. The highest BCUT2D eigenvalue weighted by Crippen LogP contribution is 2.00. The summed E-state index contributed by atoms with van der Waals surface area (Å²) in [5, 5.41) is 0. The van der Waals surface area contributed by atoms with Crippen molar-refractivity contribution in [3.05, 3.63) is 0 Å². The molecule has 0 spiro atoms. The number of esters is 1. The van der Waals surface area contributed by atoms with Crippen LogP contribution in [0.4, 0.5) is 0 Å². The molecule has 1 heterocycles. The van der Waals surface area contributed by atoms with Crippen LogP contribution in [-0.2, 0) is 9.53 Å². The molecule has 106 valence electrons. The topological polar surface area (TPSA) is 58.8 Å². The van der Waals surface area contributed by atoms with Gasteiger partial charge in [0.05, 0.1) is 13.7 Å².